The average molecular weight is 658 g/mol. The smallest absolute Gasteiger partial charge is 0.319 e. The van der Waals surface area contributed by atoms with Crippen LogP contribution < -0.4 is 15.4 Å². The lowest BCUT2D eigenvalue weighted by atomic mass is 9.94. The van der Waals surface area contributed by atoms with Gasteiger partial charge in [-0.25, -0.2) is 4.39 Å². The van der Waals surface area contributed by atoms with Crippen molar-refractivity contribution in [3.05, 3.63) is 48.4 Å². The summed E-state index contributed by atoms with van der Waals surface area (Å²) >= 11 is 0. The molecule has 48 heavy (non-hydrogen) atoms. The number of aromatic hydroxyl groups is 1. The molecule has 4 aromatic rings. The highest BCUT2D eigenvalue weighted by Crippen LogP contribution is 2.41. The van der Waals surface area contributed by atoms with E-state index < -0.39 is 5.82 Å². The predicted molar refractivity (Wildman–Crippen MR) is 183 cm³/mol. The first-order valence-corrected chi connectivity index (χ1v) is 17.1. The van der Waals surface area contributed by atoms with Crippen molar-refractivity contribution in [2.75, 3.05) is 58.3 Å². The number of hydrogen-bond acceptors (Lipinski definition) is 10. The van der Waals surface area contributed by atoms with Crippen molar-refractivity contribution in [2.45, 2.75) is 63.1 Å². The number of carbonyl (C=O) groups excluding carboxylic acids is 1. The maximum atomic E-state index is 16.7. The van der Waals surface area contributed by atoms with Gasteiger partial charge in [0.05, 0.1) is 30.1 Å². The molecule has 2 aromatic carbocycles. The minimum Gasteiger partial charge on any atom is -0.508 e. The Labute approximate surface area is 279 Å². The van der Waals surface area contributed by atoms with Crippen LogP contribution in [-0.4, -0.2) is 106 Å². The van der Waals surface area contributed by atoms with E-state index in [2.05, 4.69) is 32.4 Å². The minimum absolute atomic E-state index is 0.00378. The van der Waals surface area contributed by atoms with E-state index in [4.69, 9.17) is 14.5 Å². The quantitative estimate of drug-likeness (QED) is 0.260. The van der Waals surface area contributed by atoms with Crippen molar-refractivity contribution < 1.29 is 23.8 Å². The van der Waals surface area contributed by atoms with Crippen molar-refractivity contribution >= 4 is 33.4 Å². The third-order valence-corrected chi connectivity index (χ3v) is 10.1. The second-order valence-corrected chi connectivity index (χ2v) is 13.4. The molecule has 7 rings (SSSR count). The molecule has 4 bridgehead atoms. The van der Waals surface area contributed by atoms with Gasteiger partial charge in [0.2, 0.25) is 5.91 Å². The van der Waals surface area contributed by atoms with Crippen LogP contribution in [0, 0.1) is 5.82 Å². The first kappa shape index (κ1) is 32.4. The third-order valence-electron chi connectivity index (χ3n) is 10.1. The van der Waals surface area contributed by atoms with Crippen molar-refractivity contribution in [1.29, 1.82) is 0 Å². The van der Waals surface area contributed by atoms with E-state index in [0.717, 1.165) is 62.5 Å². The molecule has 5 heterocycles. The Morgan fingerprint density at radius 2 is 2.06 bits per heavy atom. The van der Waals surface area contributed by atoms with Crippen LogP contribution in [0.4, 0.5) is 10.2 Å². The van der Waals surface area contributed by atoms with Crippen LogP contribution in [0.25, 0.3) is 32.9 Å². The van der Waals surface area contributed by atoms with Gasteiger partial charge >= 0.3 is 6.01 Å². The van der Waals surface area contributed by atoms with Crippen molar-refractivity contribution in [2.24, 2.45) is 0 Å². The second-order valence-electron chi connectivity index (χ2n) is 13.4. The Morgan fingerprint density at radius 3 is 2.94 bits per heavy atom. The van der Waals surface area contributed by atoms with Gasteiger partial charge in [-0.3, -0.25) is 14.7 Å². The molecule has 3 unspecified atom stereocenters. The highest BCUT2D eigenvalue weighted by Gasteiger charge is 2.49. The predicted octanol–water partition coefficient (Wildman–Crippen LogP) is 4.72. The molecule has 3 aliphatic heterocycles. The summed E-state index contributed by atoms with van der Waals surface area (Å²) in [5, 5.41) is 19.4. The Hall–Kier alpha value is -4.13. The van der Waals surface area contributed by atoms with Gasteiger partial charge in [-0.05, 0) is 61.7 Å². The highest BCUT2D eigenvalue weighted by molar-refractivity contribution is 5.99. The molecule has 0 saturated carbocycles. The number of fused-ring (bicyclic) bond motifs is 6. The number of halogens is 1. The molecule has 2 aromatic heterocycles. The number of phenolic OH excluding ortho intramolecular Hbond substituents is 1. The molecule has 0 radical (unpaired) electrons. The SMILES string of the molecule is CCCCNC1CNc2nc(nc3c(F)c(-c4cc(O)cc5ccccc45)ncc23)OCC23CCCN2CC(C3)OCCC(=O)N(C)C1. The van der Waals surface area contributed by atoms with Gasteiger partial charge in [0.1, 0.15) is 29.4 Å². The van der Waals surface area contributed by atoms with Crippen molar-refractivity contribution in [3.8, 4) is 23.0 Å². The number of rotatable bonds is 5. The fourth-order valence-corrected chi connectivity index (χ4v) is 7.53. The second kappa shape index (κ2) is 13.8. The molecule has 3 atom stereocenters. The van der Waals surface area contributed by atoms with Gasteiger partial charge in [-0.1, -0.05) is 37.6 Å². The third kappa shape index (κ3) is 6.48. The van der Waals surface area contributed by atoms with Gasteiger partial charge in [0.25, 0.3) is 0 Å². The molecule has 3 aliphatic rings. The standard InChI is InChI=1S/C36H44FN7O4/c1-3-4-12-38-24-18-40-34-29-19-39-32(28-16-25(45)15-23-8-5-6-9-27(23)28)31(37)33(29)41-35(42-34)48-22-36-11-7-13-44(36)21-26(17-36)47-14-10-30(46)43(2)20-24/h5-6,8-9,15-16,19,24,26,38,45H,3-4,7,10-14,17-18,20-22H2,1-2H3,(H,40,41,42). The summed E-state index contributed by atoms with van der Waals surface area (Å²) in [5.74, 6) is -0.163. The normalized spacial score (nSPS) is 24.0. The number of likely N-dealkylation sites (N-methyl/N-ethyl adjacent to an activating group) is 1. The largest absolute Gasteiger partial charge is 0.508 e. The fourth-order valence-electron chi connectivity index (χ4n) is 7.53. The van der Waals surface area contributed by atoms with Gasteiger partial charge in [0, 0.05) is 44.5 Å². The lowest BCUT2D eigenvalue weighted by Gasteiger charge is -2.31. The molecule has 254 valence electrons. The zero-order chi connectivity index (χ0) is 33.3. The van der Waals surface area contributed by atoms with E-state index >= 15 is 4.39 Å². The topological polar surface area (TPSA) is 125 Å². The number of ether oxygens (including phenoxy) is 2. The molecule has 3 N–H and O–H groups in total. The zero-order valence-electron chi connectivity index (χ0n) is 27.7. The van der Waals surface area contributed by atoms with Crippen LogP contribution in [-0.2, 0) is 9.53 Å². The number of nitrogens with one attached hydrogen (secondary N) is 2. The summed E-state index contributed by atoms with van der Waals surface area (Å²) in [7, 11) is 1.82. The summed E-state index contributed by atoms with van der Waals surface area (Å²) < 4.78 is 29.3. The number of phenols is 1. The lowest BCUT2D eigenvalue weighted by Crippen LogP contribution is -2.46. The molecular weight excluding hydrogens is 613 g/mol. The molecule has 1 amide bonds. The Morgan fingerprint density at radius 1 is 1.19 bits per heavy atom. The average Bonchev–Trinajstić information content (AvgIpc) is 3.63. The first-order valence-electron chi connectivity index (χ1n) is 17.1. The number of benzene rings is 2. The summed E-state index contributed by atoms with van der Waals surface area (Å²) in [6, 6.07) is 10.7. The fraction of sp³-hybridized carbons (Fsp3) is 0.500. The van der Waals surface area contributed by atoms with E-state index in [0.29, 0.717) is 49.5 Å². The minimum atomic E-state index is -0.623. The number of aromatic nitrogens is 3. The summed E-state index contributed by atoms with van der Waals surface area (Å²) in [5.41, 5.74) is 0.395. The molecule has 1 spiro atoms. The number of nitrogens with zero attached hydrogens (tertiary/aromatic N) is 5. The monoisotopic (exact) mass is 657 g/mol. The summed E-state index contributed by atoms with van der Waals surface area (Å²) in [4.78, 5) is 31.3. The number of anilines is 1. The van der Waals surface area contributed by atoms with Crippen molar-refractivity contribution in [1.82, 2.24) is 30.1 Å². The Balaban J connectivity index is 1.30. The number of unbranched alkanes of at least 4 members (excludes halogenated alkanes) is 1. The number of hydrogen-bond donors (Lipinski definition) is 3. The Kier molecular flexibility index (Phi) is 9.30. The molecule has 2 fully saturated rings. The van der Waals surface area contributed by atoms with Crippen LogP contribution >= 0.6 is 0 Å². The van der Waals surface area contributed by atoms with E-state index in [9.17, 15) is 9.90 Å². The molecule has 11 nitrogen and oxygen atoms in total. The Bertz CT molecular complexity index is 1810. The lowest BCUT2D eigenvalue weighted by molar-refractivity contribution is -0.131. The highest BCUT2D eigenvalue weighted by atomic mass is 19.1. The summed E-state index contributed by atoms with van der Waals surface area (Å²) in [6.07, 6.45) is 6.73. The summed E-state index contributed by atoms with van der Waals surface area (Å²) in [6.45, 7) is 6.28. The number of amides is 1. The molecule has 2 saturated heterocycles. The molecule has 0 aliphatic carbocycles. The van der Waals surface area contributed by atoms with Gasteiger partial charge in [0.15, 0.2) is 5.82 Å². The van der Waals surface area contributed by atoms with E-state index in [1.165, 1.54) is 6.07 Å². The van der Waals surface area contributed by atoms with E-state index in [1.54, 1.807) is 17.2 Å². The maximum Gasteiger partial charge on any atom is 0.319 e. The van der Waals surface area contributed by atoms with Gasteiger partial charge < -0.3 is 30.1 Å². The number of carbonyl (C=O) groups is 1. The van der Waals surface area contributed by atoms with Crippen LogP contribution in [0.3, 0.4) is 0 Å². The van der Waals surface area contributed by atoms with E-state index in [1.807, 2.05) is 31.3 Å². The van der Waals surface area contributed by atoms with Gasteiger partial charge in [-0.2, -0.15) is 9.97 Å². The van der Waals surface area contributed by atoms with Crippen LogP contribution in [0.5, 0.6) is 11.8 Å². The number of pyridine rings is 1. The van der Waals surface area contributed by atoms with Crippen LogP contribution in [0.1, 0.15) is 45.4 Å². The molecular formula is C36H44FN7O4. The zero-order valence-corrected chi connectivity index (χ0v) is 27.7. The van der Waals surface area contributed by atoms with Gasteiger partial charge in [-0.15, -0.1) is 0 Å². The van der Waals surface area contributed by atoms with Crippen LogP contribution in [0.2, 0.25) is 0 Å². The first-order chi connectivity index (χ1) is 23.3. The van der Waals surface area contributed by atoms with Crippen molar-refractivity contribution in [3.63, 3.8) is 0 Å². The van der Waals surface area contributed by atoms with E-state index in [-0.39, 0.29) is 46.6 Å². The molecule has 12 heteroatoms. The van der Waals surface area contributed by atoms with Crippen LogP contribution in [0.15, 0.2) is 42.6 Å². The maximum absolute atomic E-state index is 16.7.